The lowest BCUT2D eigenvalue weighted by atomic mass is 10.1. The van der Waals surface area contributed by atoms with Gasteiger partial charge >= 0.3 is 0 Å². The lowest BCUT2D eigenvalue weighted by Crippen LogP contribution is -2.43. The van der Waals surface area contributed by atoms with Crippen LogP contribution >= 0.6 is 0 Å². The zero-order valence-electron chi connectivity index (χ0n) is 42.1. The molecule has 0 aliphatic carbocycles. The van der Waals surface area contributed by atoms with Crippen molar-refractivity contribution in [1.82, 2.24) is 34.7 Å². The topological polar surface area (TPSA) is 89.0 Å². The summed E-state index contributed by atoms with van der Waals surface area (Å²) in [6.45, 7) is 50.4. The number of carbonyl (C=O) groups is 1. The third kappa shape index (κ3) is 22.0. The summed E-state index contributed by atoms with van der Waals surface area (Å²) < 4.78 is 0. The number of hydrogen-bond acceptors (Lipinski definition) is 10. The van der Waals surface area contributed by atoms with E-state index in [1.54, 1.807) is 6.92 Å². The Bertz CT molecular complexity index is 1150. The summed E-state index contributed by atoms with van der Waals surface area (Å²) in [5.41, 5.74) is 1.49. The molecule has 10 heteroatoms. The van der Waals surface area contributed by atoms with E-state index in [4.69, 9.17) is 0 Å². The van der Waals surface area contributed by atoms with Crippen LogP contribution in [0.1, 0.15) is 175 Å². The molecule has 6 heterocycles. The molecule has 350 valence electrons. The number of carbonyl (C=O) groups excluding carboxylic acids is 1. The largest absolute Gasteiger partial charge is 0.392 e. The van der Waals surface area contributed by atoms with Gasteiger partial charge in [-0.3, -0.25) is 29.4 Å². The van der Waals surface area contributed by atoms with E-state index < -0.39 is 0 Å². The van der Waals surface area contributed by atoms with Crippen molar-refractivity contribution in [2.45, 2.75) is 227 Å². The van der Waals surface area contributed by atoms with Crippen molar-refractivity contribution in [3.63, 3.8) is 0 Å². The number of aliphatic hydroxyl groups excluding tert-OH is 2. The molecular formula is C49H101N7O3. The minimum absolute atomic E-state index is 0.0753. The van der Waals surface area contributed by atoms with Gasteiger partial charge in [0.1, 0.15) is 5.78 Å². The molecule has 10 nitrogen and oxygen atoms in total. The van der Waals surface area contributed by atoms with Crippen LogP contribution in [0.3, 0.4) is 0 Å². The fourth-order valence-electron chi connectivity index (χ4n) is 9.04. The predicted molar refractivity (Wildman–Crippen MR) is 253 cm³/mol. The average molecular weight is 836 g/mol. The molecule has 3 N–H and O–H groups in total. The Kier molecular flexibility index (Phi) is 22.5. The monoisotopic (exact) mass is 836 g/mol. The second-order valence-corrected chi connectivity index (χ2v) is 23.7. The van der Waals surface area contributed by atoms with E-state index >= 15 is 0 Å². The summed E-state index contributed by atoms with van der Waals surface area (Å²) in [5.74, 6) is 0.278. The van der Waals surface area contributed by atoms with Crippen LogP contribution in [0, 0.1) is 0 Å². The molecule has 6 fully saturated rings. The molecule has 0 aromatic rings. The zero-order valence-corrected chi connectivity index (χ0v) is 42.1. The van der Waals surface area contributed by atoms with Crippen LogP contribution in [0.5, 0.6) is 0 Å². The first-order valence-electron chi connectivity index (χ1n) is 24.1. The predicted octanol–water partition coefficient (Wildman–Crippen LogP) is 7.36. The second-order valence-electron chi connectivity index (χ2n) is 23.7. The van der Waals surface area contributed by atoms with Gasteiger partial charge < -0.3 is 20.3 Å². The molecule has 6 rings (SSSR count). The van der Waals surface area contributed by atoms with Crippen LogP contribution in [-0.4, -0.2) is 182 Å². The molecule has 0 saturated carbocycles. The standard InChI is InChI=1S/C12H24N2O.C12H24N2.C9H19NO.C8H17NO.C8H17N/c1-12(2,3)14-7-4-10(8-14)13-6-5-11(15)9-13;1-12(2,3)14-9-6-11(10-14)13-7-4-5-8-13;1-8(11)6-5-7-10-9(2,3)4;1-8(2,3)9-5-4-7(10)6-9;1-8(2,3)9-6-4-5-7-9/h10-11,15H,4-9H2,1-3H3;11H,4-10H2,1-3H3;10H,5-7H2,1-4H3;7,10H,4-6H2,1-3H3;4-7H2,1-3H3. The van der Waals surface area contributed by atoms with Crippen molar-refractivity contribution in [1.29, 1.82) is 0 Å². The van der Waals surface area contributed by atoms with E-state index in [0.717, 1.165) is 58.0 Å². The number of nitrogens with zero attached hydrogens (tertiary/aromatic N) is 6. The van der Waals surface area contributed by atoms with Gasteiger partial charge in [0.2, 0.25) is 0 Å². The Morgan fingerprint density at radius 1 is 0.492 bits per heavy atom. The minimum Gasteiger partial charge on any atom is -0.392 e. The number of hydrogen-bond donors (Lipinski definition) is 3. The van der Waals surface area contributed by atoms with Gasteiger partial charge in [0.25, 0.3) is 0 Å². The summed E-state index contributed by atoms with van der Waals surface area (Å²) in [4.78, 5) is 25.8. The van der Waals surface area contributed by atoms with Crippen molar-refractivity contribution in [3.8, 4) is 0 Å². The highest BCUT2D eigenvalue weighted by molar-refractivity contribution is 5.75. The second kappa shape index (κ2) is 24.4. The number of aliphatic hydroxyl groups is 2. The van der Waals surface area contributed by atoms with Crippen molar-refractivity contribution < 1.29 is 15.0 Å². The van der Waals surface area contributed by atoms with Gasteiger partial charge in [-0.25, -0.2) is 0 Å². The van der Waals surface area contributed by atoms with Gasteiger partial charge in [-0.1, -0.05) is 0 Å². The molecule has 4 unspecified atom stereocenters. The van der Waals surface area contributed by atoms with Gasteiger partial charge in [0.15, 0.2) is 0 Å². The number of rotatable bonds is 6. The van der Waals surface area contributed by atoms with E-state index in [2.05, 4.69) is 139 Å². The Hall–Kier alpha value is -0.690. The van der Waals surface area contributed by atoms with Crippen molar-refractivity contribution >= 4 is 5.78 Å². The molecule has 6 aliphatic heterocycles. The third-order valence-corrected chi connectivity index (χ3v) is 13.1. The molecule has 0 aromatic carbocycles. The van der Waals surface area contributed by atoms with Gasteiger partial charge in [-0.2, -0.15) is 0 Å². The summed E-state index contributed by atoms with van der Waals surface area (Å²) >= 11 is 0. The van der Waals surface area contributed by atoms with E-state index in [1.165, 1.54) is 90.9 Å². The maximum Gasteiger partial charge on any atom is 0.129 e. The maximum atomic E-state index is 10.5. The molecule has 59 heavy (non-hydrogen) atoms. The van der Waals surface area contributed by atoms with E-state index in [-0.39, 0.29) is 29.1 Å². The SMILES string of the molecule is CC(=O)CCCNC(C)(C)C.CC(C)(C)N1CCC(N2CCC(O)C2)C1.CC(C)(C)N1CCC(N2CCCC2)C1.CC(C)(C)N1CCC(O)C1.CC(C)(C)N1CCCC1. The highest BCUT2D eigenvalue weighted by Gasteiger charge is 2.36. The van der Waals surface area contributed by atoms with E-state index in [9.17, 15) is 15.0 Å². The molecule has 0 radical (unpaired) electrons. The molecule has 0 spiro atoms. The first-order valence-corrected chi connectivity index (χ1v) is 24.1. The summed E-state index contributed by atoms with van der Waals surface area (Å²) in [7, 11) is 0. The summed E-state index contributed by atoms with van der Waals surface area (Å²) in [6, 6.07) is 1.54. The highest BCUT2D eigenvalue weighted by Crippen LogP contribution is 2.27. The number of nitrogens with one attached hydrogen (secondary N) is 1. The number of ketones is 1. The Morgan fingerprint density at radius 2 is 0.881 bits per heavy atom. The number of likely N-dealkylation sites (tertiary alicyclic amines) is 6. The number of Topliss-reactive ketones (excluding diaryl/α,β-unsaturated/α-hetero) is 1. The van der Waals surface area contributed by atoms with Crippen molar-refractivity contribution in [2.75, 3.05) is 85.1 Å². The first-order chi connectivity index (χ1) is 27.1. The lowest BCUT2D eigenvalue weighted by molar-refractivity contribution is -0.117. The summed E-state index contributed by atoms with van der Waals surface area (Å²) in [5, 5.41) is 22.1. The fraction of sp³-hybridized carbons (Fsp3) is 0.980. The quantitative estimate of drug-likeness (QED) is 0.236. The minimum atomic E-state index is -0.0841. The Labute approximate surface area is 366 Å². The van der Waals surface area contributed by atoms with Crippen LogP contribution < -0.4 is 5.32 Å². The first kappa shape index (κ1) is 54.4. The number of β-amino-alcohol motifs (C(OH)–C–C–N with tert-alkyl or cyclic N) is 2. The smallest absolute Gasteiger partial charge is 0.129 e. The maximum absolute atomic E-state index is 10.5. The van der Waals surface area contributed by atoms with E-state index in [0.29, 0.717) is 29.1 Å². The molecule has 0 aromatic heterocycles. The van der Waals surface area contributed by atoms with Gasteiger partial charge in [-0.15, -0.1) is 0 Å². The van der Waals surface area contributed by atoms with Crippen LogP contribution in [0.2, 0.25) is 0 Å². The van der Waals surface area contributed by atoms with Crippen molar-refractivity contribution in [3.05, 3.63) is 0 Å². The fourth-order valence-corrected chi connectivity index (χ4v) is 9.04. The molecule has 6 aliphatic rings. The molecule has 0 amide bonds. The molecular weight excluding hydrogens is 735 g/mol. The molecule has 6 saturated heterocycles. The zero-order chi connectivity index (χ0) is 44.8. The van der Waals surface area contributed by atoms with Gasteiger partial charge in [0.05, 0.1) is 12.2 Å². The van der Waals surface area contributed by atoms with Crippen LogP contribution in [0.25, 0.3) is 0 Å². The Balaban J connectivity index is 0.000000258. The van der Waals surface area contributed by atoms with Gasteiger partial charge in [0, 0.05) is 98.6 Å². The average Bonchev–Trinajstić information content (AvgIpc) is 3.94. The lowest BCUT2D eigenvalue weighted by Gasteiger charge is -2.32. The van der Waals surface area contributed by atoms with E-state index in [1.807, 2.05) is 0 Å². The molecule has 4 atom stereocenters. The van der Waals surface area contributed by atoms with Crippen LogP contribution in [0.15, 0.2) is 0 Å². The van der Waals surface area contributed by atoms with Gasteiger partial charge in [-0.05, 0) is 201 Å². The molecule has 0 bridgehead atoms. The third-order valence-electron chi connectivity index (χ3n) is 13.1. The Morgan fingerprint density at radius 3 is 1.20 bits per heavy atom. The van der Waals surface area contributed by atoms with Crippen LogP contribution in [-0.2, 0) is 4.79 Å². The highest BCUT2D eigenvalue weighted by atomic mass is 16.3. The van der Waals surface area contributed by atoms with Crippen molar-refractivity contribution in [2.24, 2.45) is 0 Å². The summed E-state index contributed by atoms with van der Waals surface area (Å²) in [6.07, 6.45) is 11.7. The van der Waals surface area contributed by atoms with Crippen LogP contribution in [0.4, 0.5) is 0 Å². The normalized spacial score (nSPS) is 27.1.